The summed E-state index contributed by atoms with van der Waals surface area (Å²) in [6.45, 7) is 0. The molecule has 4 aromatic heterocycles. The molecule has 0 amide bonds. The van der Waals surface area contributed by atoms with Gasteiger partial charge < -0.3 is 8.98 Å². The third kappa shape index (κ3) is 4.71. The molecule has 6 nitrogen and oxygen atoms in total. The van der Waals surface area contributed by atoms with E-state index in [9.17, 15) is 0 Å². The monoisotopic (exact) mass is 753 g/mol. The first-order valence-electron chi connectivity index (χ1n) is 19.9. The van der Waals surface area contributed by atoms with Crippen LogP contribution in [0.15, 0.2) is 192 Å². The first kappa shape index (κ1) is 32.0. The Hall–Kier alpha value is -8.09. The second-order valence-corrected chi connectivity index (χ2v) is 15.2. The number of para-hydroxylation sites is 4. The van der Waals surface area contributed by atoms with Gasteiger partial charge >= 0.3 is 0 Å². The van der Waals surface area contributed by atoms with Crippen molar-refractivity contribution in [2.45, 2.75) is 0 Å². The highest BCUT2D eigenvalue weighted by Crippen LogP contribution is 2.42. The molecule has 0 atom stereocenters. The van der Waals surface area contributed by atoms with Crippen LogP contribution in [0.5, 0.6) is 0 Å². The number of aromatic nitrogens is 5. The van der Waals surface area contributed by atoms with Crippen molar-refractivity contribution in [3.63, 3.8) is 0 Å². The topological polar surface area (TPSA) is 61.7 Å². The summed E-state index contributed by atoms with van der Waals surface area (Å²) >= 11 is 0. The average Bonchev–Trinajstić information content (AvgIpc) is 3.94. The molecule has 274 valence electrons. The Labute approximate surface area is 336 Å². The van der Waals surface area contributed by atoms with E-state index in [4.69, 9.17) is 19.4 Å². The minimum atomic E-state index is 0.548. The minimum absolute atomic E-state index is 0.548. The molecule has 0 bridgehead atoms. The molecule has 0 saturated carbocycles. The Morgan fingerprint density at radius 2 is 0.864 bits per heavy atom. The highest BCUT2D eigenvalue weighted by molar-refractivity contribution is 6.15. The maximum atomic E-state index is 6.63. The molecule has 0 unspecified atom stereocenters. The van der Waals surface area contributed by atoms with Crippen LogP contribution in [0.4, 0.5) is 0 Å². The summed E-state index contributed by atoms with van der Waals surface area (Å²) in [4.78, 5) is 16.3. The third-order valence-corrected chi connectivity index (χ3v) is 12.0. The quantitative estimate of drug-likeness (QED) is 0.180. The van der Waals surface area contributed by atoms with E-state index in [0.717, 1.165) is 82.4 Å². The number of furan rings is 1. The summed E-state index contributed by atoms with van der Waals surface area (Å²) in [5, 5.41) is 11.2. The van der Waals surface area contributed by atoms with E-state index < -0.39 is 0 Å². The molecule has 0 spiro atoms. The standard InChI is InChI=1S/C53H31N5O/c1-2-16-34-29-47-41(28-33(34)15-1)38-21-7-9-24-44(38)57(47)48-31-50-42(39-22-8-12-27-49(39)59-50)30-43(48)52-54-51(40-23-13-17-32-14-3-4-18-35(32)40)55-53(56-52)58-45-25-10-5-19-36(45)37-20-6-11-26-46(37)58/h1-31H. The van der Waals surface area contributed by atoms with Crippen molar-refractivity contribution in [2.75, 3.05) is 0 Å². The van der Waals surface area contributed by atoms with E-state index >= 15 is 0 Å². The molecule has 4 heterocycles. The lowest BCUT2D eigenvalue weighted by Crippen LogP contribution is -2.08. The predicted octanol–water partition coefficient (Wildman–Crippen LogP) is 13.6. The molecule has 0 fully saturated rings. The Morgan fingerprint density at radius 3 is 1.59 bits per heavy atom. The van der Waals surface area contributed by atoms with Gasteiger partial charge in [0.2, 0.25) is 5.95 Å². The van der Waals surface area contributed by atoms with Gasteiger partial charge in [0.15, 0.2) is 11.6 Å². The zero-order valence-corrected chi connectivity index (χ0v) is 31.5. The van der Waals surface area contributed by atoms with Gasteiger partial charge in [-0.3, -0.25) is 4.57 Å². The fourth-order valence-corrected chi connectivity index (χ4v) is 9.30. The lowest BCUT2D eigenvalue weighted by Gasteiger charge is -2.16. The normalized spacial score (nSPS) is 12.1. The van der Waals surface area contributed by atoms with Crippen LogP contribution in [0.2, 0.25) is 0 Å². The fraction of sp³-hybridized carbons (Fsp3) is 0. The van der Waals surface area contributed by atoms with Crippen LogP contribution in [0, 0.1) is 0 Å². The second kappa shape index (κ2) is 12.2. The molecule has 0 saturated heterocycles. The fourth-order valence-electron chi connectivity index (χ4n) is 9.30. The summed E-state index contributed by atoms with van der Waals surface area (Å²) in [6.07, 6.45) is 0. The molecular formula is C53H31N5O. The van der Waals surface area contributed by atoms with Crippen LogP contribution in [-0.2, 0) is 0 Å². The zero-order valence-electron chi connectivity index (χ0n) is 31.5. The molecule has 13 rings (SSSR count). The number of fused-ring (bicyclic) bond motifs is 11. The predicted molar refractivity (Wildman–Crippen MR) is 242 cm³/mol. The van der Waals surface area contributed by atoms with Crippen LogP contribution in [0.1, 0.15) is 0 Å². The molecule has 0 radical (unpaired) electrons. The maximum Gasteiger partial charge on any atom is 0.238 e. The van der Waals surface area contributed by atoms with Gasteiger partial charge in [0.25, 0.3) is 0 Å². The van der Waals surface area contributed by atoms with Gasteiger partial charge in [-0.1, -0.05) is 140 Å². The Kier molecular flexibility index (Phi) is 6.63. The summed E-state index contributed by atoms with van der Waals surface area (Å²) < 4.78 is 11.2. The molecule has 0 aliphatic heterocycles. The Bertz CT molecular complexity index is 3810. The van der Waals surface area contributed by atoms with E-state index in [-0.39, 0.29) is 0 Å². The van der Waals surface area contributed by atoms with E-state index in [1.54, 1.807) is 0 Å². The van der Waals surface area contributed by atoms with Gasteiger partial charge in [0.1, 0.15) is 11.2 Å². The van der Waals surface area contributed by atoms with Gasteiger partial charge in [0.05, 0.1) is 27.8 Å². The van der Waals surface area contributed by atoms with Crippen molar-refractivity contribution in [3.8, 4) is 34.4 Å². The summed E-state index contributed by atoms with van der Waals surface area (Å²) in [5.74, 6) is 1.71. The van der Waals surface area contributed by atoms with Gasteiger partial charge in [-0.15, -0.1) is 0 Å². The van der Waals surface area contributed by atoms with Crippen LogP contribution in [0.3, 0.4) is 0 Å². The van der Waals surface area contributed by atoms with E-state index in [0.29, 0.717) is 17.6 Å². The van der Waals surface area contributed by atoms with Crippen molar-refractivity contribution in [3.05, 3.63) is 188 Å². The minimum Gasteiger partial charge on any atom is -0.456 e. The lowest BCUT2D eigenvalue weighted by atomic mass is 10.0. The molecule has 0 N–H and O–H groups in total. The van der Waals surface area contributed by atoms with Crippen molar-refractivity contribution >= 4 is 87.1 Å². The number of hydrogen-bond donors (Lipinski definition) is 0. The summed E-state index contributed by atoms with van der Waals surface area (Å²) in [6, 6.07) is 66.2. The largest absolute Gasteiger partial charge is 0.456 e. The van der Waals surface area contributed by atoms with Crippen LogP contribution in [0.25, 0.3) is 122 Å². The second-order valence-electron chi connectivity index (χ2n) is 15.2. The molecule has 0 aliphatic carbocycles. The van der Waals surface area contributed by atoms with E-state index in [2.05, 4.69) is 185 Å². The van der Waals surface area contributed by atoms with E-state index in [1.807, 2.05) is 12.1 Å². The maximum absolute atomic E-state index is 6.63. The van der Waals surface area contributed by atoms with Crippen LogP contribution >= 0.6 is 0 Å². The van der Waals surface area contributed by atoms with Crippen molar-refractivity contribution < 1.29 is 4.42 Å². The van der Waals surface area contributed by atoms with Crippen molar-refractivity contribution in [1.29, 1.82) is 0 Å². The van der Waals surface area contributed by atoms with Gasteiger partial charge in [0, 0.05) is 49.5 Å². The van der Waals surface area contributed by atoms with Crippen molar-refractivity contribution in [2.24, 2.45) is 0 Å². The first-order valence-corrected chi connectivity index (χ1v) is 19.9. The van der Waals surface area contributed by atoms with Crippen LogP contribution < -0.4 is 0 Å². The summed E-state index contributed by atoms with van der Waals surface area (Å²) in [7, 11) is 0. The SMILES string of the molecule is c1ccc2cc3c(cc2c1)c1ccccc1n3-c1cc2oc3ccccc3c2cc1-c1nc(-c2cccc3ccccc23)nc(-n2c3ccccc3c3ccccc32)n1. The Balaban J connectivity index is 1.19. The summed E-state index contributed by atoms with van der Waals surface area (Å²) in [5.41, 5.74) is 8.58. The first-order chi connectivity index (χ1) is 29.2. The lowest BCUT2D eigenvalue weighted by molar-refractivity contribution is 0.668. The number of nitrogens with zero attached hydrogens (tertiary/aromatic N) is 5. The molecule has 59 heavy (non-hydrogen) atoms. The number of benzene rings is 9. The van der Waals surface area contributed by atoms with Crippen LogP contribution in [-0.4, -0.2) is 24.1 Å². The highest BCUT2D eigenvalue weighted by atomic mass is 16.3. The average molecular weight is 754 g/mol. The van der Waals surface area contributed by atoms with Gasteiger partial charge in [-0.25, -0.2) is 4.98 Å². The molecule has 0 aliphatic rings. The highest BCUT2D eigenvalue weighted by Gasteiger charge is 2.24. The van der Waals surface area contributed by atoms with Gasteiger partial charge in [-0.05, 0) is 64.0 Å². The Morgan fingerprint density at radius 1 is 0.322 bits per heavy atom. The third-order valence-electron chi connectivity index (χ3n) is 12.0. The molecule has 6 heteroatoms. The number of rotatable bonds is 4. The molecular weight excluding hydrogens is 723 g/mol. The molecule has 13 aromatic rings. The van der Waals surface area contributed by atoms with E-state index in [1.165, 1.54) is 21.5 Å². The number of hydrogen-bond acceptors (Lipinski definition) is 4. The molecule has 9 aromatic carbocycles. The zero-order chi connectivity index (χ0) is 38.6. The smallest absolute Gasteiger partial charge is 0.238 e. The van der Waals surface area contributed by atoms with Gasteiger partial charge in [-0.2, -0.15) is 9.97 Å². The van der Waals surface area contributed by atoms with Crippen molar-refractivity contribution in [1.82, 2.24) is 24.1 Å².